The Morgan fingerprint density at radius 2 is 0.836 bits per heavy atom. The summed E-state index contributed by atoms with van der Waals surface area (Å²) in [5.41, 5.74) is 10.7. The van der Waals surface area contributed by atoms with Crippen molar-refractivity contribution < 1.29 is 0 Å². The molecule has 0 aliphatic carbocycles. The molecule has 0 unspecified atom stereocenters. The van der Waals surface area contributed by atoms with E-state index < -0.39 is 0 Å². The van der Waals surface area contributed by atoms with Gasteiger partial charge in [-0.25, -0.2) is 0 Å². The SMILES string of the molecule is c1ccc(-c2ccc(N(c3ccc4sc5ccccc5c4c3)c3ccc(-c4ccccc4)c4ccccc34)cc2-c2cccc3c2sc2ccccc23)cc1. The van der Waals surface area contributed by atoms with Gasteiger partial charge in [-0.2, -0.15) is 0 Å². The van der Waals surface area contributed by atoms with E-state index in [4.69, 9.17) is 0 Å². The van der Waals surface area contributed by atoms with Crippen molar-refractivity contribution in [2.24, 2.45) is 0 Å². The highest BCUT2D eigenvalue weighted by Crippen LogP contribution is 2.48. The lowest BCUT2D eigenvalue weighted by atomic mass is 9.92. The average Bonchev–Trinajstić information content (AvgIpc) is 3.83. The topological polar surface area (TPSA) is 3.24 Å². The Labute approximate surface area is 327 Å². The van der Waals surface area contributed by atoms with E-state index in [0.29, 0.717) is 0 Å². The molecule has 0 saturated carbocycles. The van der Waals surface area contributed by atoms with Crippen LogP contribution in [0.5, 0.6) is 0 Å². The molecule has 0 aliphatic rings. The lowest BCUT2D eigenvalue weighted by Crippen LogP contribution is -2.11. The number of anilines is 3. The van der Waals surface area contributed by atoms with Crippen molar-refractivity contribution in [3.05, 3.63) is 200 Å². The minimum absolute atomic E-state index is 1.12. The van der Waals surface area contributed by atoms with Crippen LogP contribution in [0.1, 0.15) is 0 Å². The molecule has 0 spiro atoms. The van der Waals surface area contributed by atoms with Gasteiger partial charge >= 0.3 is 0 Å². The van der Waals surface area contributed by atoms with E-state index in [9.17, 15) is 0 Å². The molecule has 0 fully saturated rings. The van der Waals surface area contributed by atoms with Gasteiger partial charge in [0.2, 0.25) is 0 Å². The zero-order valence-electron chi connectivity index (χ0n) is 29.8. The van der Waals surface area contributed by atoms with Gasteiger partial charge in [-0.15, -0.1) is 22.7 Å². The summed E-state index contributed by atoms with van der Waals surface area (Å²) in [4.78, 5) is 2.48. The van der Waals surface area contributed by atoms with Gasteiger partial charge < -0.3 is 4.90 Å². The van der Waals surface area contributed by atoms with Crippen molar-refractivity contribution in [3.8, 4) is 33.4 Å². The third-order valence-corrected chi connectivity index (χ3v) is 13.3. The maximum Gasteiger partial charge on any atom is 0.0540 e. The van der Waals surface area contributed by atoms with Gasteiger partial charge in [-0.1, -0.05) is 152 Å². The molecule has 2 aromatic heterocycles. The molecule has 0 aliphatic heterocycles. The van der Waals surface area contributed by atoms with Crippen molar-refractivity contribution in [2.45, 2.75) is 0 Å². The first-order valence-corrected chi connectivity index (χ1v) is 20.3. The lowest BCUT2D eigenvalue weighted by molar-refractivity contribution is 1.30. The molecule has 55 heavy (non-hydrogen) atoms. The van der Waals surface area contributed by atoms with E-state index in [-0.39, 0.29) is 0 Å². The molecular formula is C52H33NS2. The molecule has 0 radical (unpaired) electrons. The molecular weight excluding hydrogens is 703 g/mol. The van der Waals surface area contributed by atoms with Crippen molar-refractivity contribution in [3.63, 3.8) is 0 Å². The Hall–Kier alpha value is -6.52. The maximum absolute atomic E-state index is 2.48. The summed E-state index contributed by atoms with van der Waals surface area (Å²) in [6.07, 6.45) is 0. The molecule has 11 aromatic rings. The predicted octanol–water partition coefficient (Wildman–Crippen LogP) is 16.0. The van der Waals surface area contributed by atoms with Gasteiger partial charge in [-0.05, 0) is 81.7 Å². The van der Waals surface area contributed by atoms with E-state index >= 15 is 0 Å². The average molecular weight is 736 g/mol. The summed E-state index contributed by atoms with van der Waals surface area (Å²) in [5, 5.41) is 7.63. The van der Waals surface area contributed by atoms with Crippen LogP contribution in [-0.2, 0) is 0 Å². The molecule has 9 aromatic carbocycles. The number of thiophene rings is 2. The number of fused-ring (bicyclic) bond motifs is 7. The first-order chi connectivity index (χ1) is 27.3. The number of nitrogens with zero attached hydrogens (tertiary/aromatic N) is 1. The van der Waals surface area contributed by atoms with Gasteiger partial charge in [0.25, 0.3) is 0 Å². The first-order valence-electron chi connectivity index (χ1n) is 18.7. The van der Waals surface area contributed by atoms with Gasteiger partial charge in [0.1, 0.15) is 0 Å². The third-order valence-electron chi connectivity index (χ3n) is 10.9. The summed E-state index contributed by atoms with van der Waals surface area (Å²) in [5.74, 6) is 0. The van der Waals surface area contributed by atoms with Crippen molar-refractivity contribution in [1.82, 2.24) is 0 Å². The molecule has 0 atom stereocenters. The maximum atomic E-state index is 2.48. The van der Waals surface area contributed by atoms with Crippen LogP contribution in [0, 0.1) is 0 Å². The zero-order valence-corrected chi connectivity index (χ0v) is 31.4. The van der Waals surface area contributed by atoms with Gasteiger partial charge in [-0.3, -0.25) is 0 Å². The Morgan fingerprint density at radius 3 is 1.60 bits per heavy atom. The molecule has 1 nitrogen and oxygen atoms in total. The highest BCUT2D eigenvalue weighted by Gasteiger charge is 2.22. The highest BCUT2D eigenvalue weighted by molar-refractivity contribution is 7.26. The van der Waals surface area contributed by atoms with E-state index in [0.717, 1.165) is 17.1 Å². The highest BCUT2D eigenvalue weighted by atomic mass is 32.1. The second-order valence-corrected chi connectivity index (χ2v) is 16.2. The van der Waals surface area contributed by atoms with Crippen LogP contribution < -0.4 is 4.90 Å². The van der Waals surface area contributed by atoms with Crippen LogP contribution in [0.25, 0.3) is 84.5 Å². The quantitative estimate of drug-likeness (QED) is 0.164. The smallest absolute Gasteiger partial charge is 0.0540 e. The van der Waals surface area contributed by atoms with Crippen LogP contribution in [-0.4, -0.2) is 0 Å². The fraction of sp³-hybridized carbons (Fsp3) is 0. The van der Waals surface area contributed by atoms with E-state index in [1.807, 2.05) is 22.7 Å². The number of benzene rings is 9. The lowest BCUT2D eigenvalue weighted by Gasteiger charge is -2.29. The molecule has 0 N–H and O–H groups in total. The summed E-state index contributed by atoms with van der Waals surface area (Å²) in [7, 11) is 0. The normalized spacial score (nSPS) is 11.6. The van der Waals surface area contributed by atoms with Gasteiger partial charge in [0.15, 0.2) is 0 Å². The second kappa shape index (κ2) is 13.1. The monoisotopic (exact) mass is 735 g/mol. The minimum Gasteiger partial charge on any atom is -0.310 e. The van der Waals surface area contributed by atoms with E-state index in [1.54, 1.807) is 0 Å². The van der Waals surface area contributed by atoms with Crippen LogP contribution >= 0.6 is 22.7 Å². The Kier molecular flexibility index (Phi) is 7.61. The Morgan fingerprint density at radius 1 is 0.291 bits per heavy atom. The molecule has 0 amide bonds. The zero-order chi connectivity index (χ0) is 36.3. The minimum atomic E-state index is 1.12. The van der Waals surface area contributed by atoms with E-state index in [1.165, 1.54) is 84.5 Å². The largest absolute Gasteiger partial charge is 0.310 e. The fourth-order valence-electron chi connectivity index (χ4n) is 8.35. The van der Waals surface area contributed by atoms with Crippen molar-refractivity contribution in [1.29, 1.82) is 0 Å². The van der Waals surface area contributed by atoms with Crippen molar-refractivity contribution >= 4 is 90.9 Å². The first kappa shape index (κ1) is 32.0. The molecule has 3 heteroatoms. The van der Waals surface area contributed by atoms with Crippen LogP contribution in [0.2, 0.25) is 0 Å². The van der Waals surface area contributed by atoms with Crippen molar-refractivity contribution in [2.75, 3.05) is 4.90 Å². The van der Waals surface area contributed by atoms with Crippen LogP contribution in [0.4, 0.5) is 17.1 Å². The Balaban J connectivity index is 1.20. The molecule has 11 rings (SSSR count). The summed E-state index contributed by atoms with van der Waals surface area (Å²) < 4.78 is 5.23. The predicted molar refractivity (Wildman–Crippen MR) is 241 cm³/mol. The van der Waals surface area contributed by atoms with Crippen LogP contribution in [0.3, 0.4) is 0 Å². The fourth-order valence-corrected chi connectivity index (χ4v) is 10.7. The molecule has 0 bridgehead atoms. The summed E-state index contributed by atoms with van der Waals surface area (Å²) >= 11 is 3.75. The standard InChI is InChI=1S/C52H33NS2/c1-3-14-34(15-4-1)38-29-30-48(41-19-8-7-18-40(38)41)53(37-27-31-51-47(33-37)43-21-10-11-24-49(43)54-51)36-26-28-39(35-16-5-2-6-17-35)46(32-36)45-23-13-22-44-42-20-9-12-25-50(42)55-52(44)45/h1-33H. The van der Waals surface area contributed by atoms with Crippen LogP contribution in [0.15, 0.2) is 200 Å². The molecule has 0 saturated heterocycles. The second-order valence-electron chi connectivity index (χ2n) is 14.0. The third kappa shape index (κ3) is 5.35. The van der Waals surface area contributed by atoms with Gasteiger partial charge in [0.05, 0.1) is 5.69 Å². The number of rotatable bonds is 6. The number of hydrogen-bond acceptors (Lipinski definition) is 3. The van der Waals surface area contributed by atoms with Gasteiger partial charge in [0, 0.05) is 62.7 Å². The molecule has 2 heterocycles. The van der Waals surface area contributed by atoms with E-state index in [2.05, 4.69) is 205 Å². The Bertz CT molecular complexity index is 3210. The summed E-state index contributed by atoms with van der Waals surface area (Å²) in [6, 6.07) is 73.5. The summed E-state index contributed by atoms with van der Waals surface area (Å²) in [6.45, 7) is 0. The number of hydrogen-bond donors (Lipinski definition) is 0. The molecule has 258 valence electrons.